The molecule has 0 aromatic heterocycles. The second-order valence-corrected chi connectivity index (χ2v) is 7.00. The van der Waals surface area contributed by atoms with Crippen LogP contribution in [0, 0.1) is 17.1 Å². The summed E-state index contributed by atoms with van der Waals surface area (Å²) in [6, 6.07) is 12.6. The predicted octanol–water partition coefficient (Wildman–Crippen LogP) is 1.96. The van der Waals surface area contributed by atoms with Crippen molar-refractivity contribution in [2.75, 3.05) is 18.9 Å². The average Bonchev–Trinajstić information content (AvgIpc) is 2.54. The second-order valence-electron chi connectivity index (χ2n) is 4.96. The summed E-state index contributed by atoms with van der Waals surface area (Å²) in [6.45, 7) is -0.449. The topological polar surface area (TPSA) is 90.3 Å². The number of halogens is 1. The number of anilines is 1. The number of hydrogen-bond donors (Lipinski definition) is 1. The van der Waals surface area contributed by atoms with Crippen molar-refractivity contribution in [3.05, 3.63) is 59.9 Å². The summed E-state index contributed by atoms with van der Waals surface area (Å²) < 4.78 is 38.8. The molecule has 6 nitrogen and oxygen atoms in total. The number of carbonyl (C=O) groups is 1. The van der Waals surface area contributed by atoms with Gasteiger partial charge in [0, 0.05) is 12.7 Å². The molecule has 0 heterocycles. The predicted molar refractivity (Wildman–Crippen MR) is 86.0 cm³/mol. The molecule has 0 spiro atoms. The number of nitriles is 1. The van der Waals surface area contributed by atoms with Crippen LogP contribution in [0.1, 0.15) is 5.56 Å². The number of carbonyl (C=O) groups excluding carboxylic acids is 1. The first kappa shape index (κ1) is 17.6. The lowest BCUT2D eigenvalue weighted by atomic mass is 10.2. The Kier molecular flexibility index (Phi) is 5.28. The monoisotopic (exact) mass is 347 g/mol. The van der Waals surface area contributed by atoms with Gasteiger partial charge in [-0.05, 0) is 36.4 Å². The van der Waals surface area contributed by atoms with Crippen molar-refractivity contribution >= 4 is 21.6 Å². The summed E-state index contributed by atoms with van der Waals surface area (Å²) in [5, 5.41) is 11.3. The molecule has 1 N–H and O–H groups in total. The summed E-state index contributed by atoms with van der Waals surface area (Å²) in [5.74, 6) is -1.12. The molecule has 0 bridgehead atoms. The fraction of sp³-hybridized carbons (Fsp3) is 0.125. The van der Waals surface area contributed by atoms with Crippen molar-refractivity contribution in [2.24, 2.45) is 0 Å². The highest BCUT2D eigenvalue weighted by Crippen LogP contribution is 2.16. The van der Waals surface area contributed by atoms with Crippen LogP contribution in [0.15, 0.2) is 53.4 Å². The van der Waals surface area contributed by atoms with Gasteiger partial charge >= 0.3 is 0 Å². The standard InChI is InChI=1S/C16H14FN3O3S/c1-20(11-16(21)19-14-6-3-5-13(17)9-14)24(22,23)15-7-2-4-12(8-15)10-18/h2-9H,11H2,1H3,(H,19,21). The van der Waals surface area contributed by atoms with E-state index in [-0.39, 0.29) is 16.1 Å². The molecule has 24 heavy (non-hydrogen) atoms. The highest BCUT2D eigenvalue weighted by molar-refractivity contribution is 7.89. The summed E-state index contributed by atoms with van der Waals surface area (Å²) in [5.41, 5.74) is 0.436. The van der Waals surface area contributed by atoms with Crippen molar-refractivity contribution in [2.45, 2.75) is 4.90 Å². The Balaban J connectivity index is 2.11. The van der Waals surface area contributed by atoms with Gasteiger partial charge in [-0.25, -0.2) is 12.8 Å². The van der Waals surface area contributed by atoms with Gasteiger partial charge in [0.05, 0.1) is 23.1 Å². The number of amides is 1. The third-order valence-electron chi connectivity index (χ3n) is 3.15. The number of rotatable bonds is 5. The zero-order valence-corrected chi connectivity index (χ0v) is 13.5. The molecular weight excluding hydrogens is 333 g/mol. The van der Waals surface area contributed by atoms with E-state index in [0.29, 0.717) is 0 Å². The molecule has 0 radical (unpaired) electrons. The molecule has 2 aromatic carbocycles. The maximum atomic E-state index is 13.1. The first-order chi connectivity index (χ1) is 11.3. The molecule has 0 unspecified atom stereocenters. The second kappa shape index (κ2) is 7.21. The smallest absolute Gasteiger partial charge is 0.243 e. The zero-order chi connectivity index (χ0) is 17.7. The van der Waals surface area contributed by atoms with E-state index in [9.17, 15) is 17.6 Å². The van der Waals surface area contributed by atoms with Crippen LogP contribution in [0.4, 0.5) is 10.1 Å². The average molecular weight is 347 g/mol. The number of hydrogen-bond acceptors (Lipinski definition) is 4. The Morgan fingerprint density at radius 2 is 1.96 bits per heavy atom. The molecule has 0 aliphatic heterocycles. The van der Waals surface area contributed by atoms with Crippen LogP contribution in [0.2, 0.25) is 0 Å². The number of nitrogens with one attached hydrogen (secondary N) is 1. The molecule has 0 saturated heterocycles. The molecule has 8 heteroatoms. The van der Waals surface area contributed by atoms with Crippen LogP contribution in [-0.4, -0.2) is 32.2 Å². The Morgan fingerprint density at radius 1 is 1.25 bits per heavy atom. The van der Waals surface area contributed by atoms with Gasteiger partial charge in [-0.2, -0.15) is 9.57 Å². The van der Waals surface area contributed by atoms with E-state index in [1.165, 1.54) is 49.5 Å². The molecule has 1 amide bonds. The van der Waals surface area contributed by atoms with Gasteiger partial charge in [-0.15, -0.1) is 0 Å². The third-order valence-corrected chi connectivity index (χ3v) is 4.95. The van der Waals surface area contributed by atoms with Crippen LogP contribution in [0.25, 0.3) is 0 Å². The molecule has 2 rings (SSSR count). The van der Waals surface area contributed by atoms with Gasteiger partial charge in [-0.1, -0.05) is 12.1 Å². The fourth-order valence-electron chi connectivity index (χ4n) is 1.96. The van der Waals surface area contributed by atoms with Crippen molar-refractivity contribution < 1.29 is 17.6 Å². The lowest BCUT2D eigenvalue weighted by molar-refractivity contribution is -0.116. The van der Waals surface area contributed by atoms with Gasteiger partial charge in [0.2, 0.25) is 15.9 Å². The first-order valence-corrected chi connectivity index (χ1v) is 8.29. The molecule has 0 aliphatic rings. The van der Waals surface area contributed by atoms with Gasteiger partial charge in [0.1, 0.15) is 5.82 Å². The van der Waals surface area contributed by atoms with Crippen LogP contribution in [0.3, 0.4) is 0 Å². The maximum absolute atomic E-state index is 13.1. The summed E-state index contributed by atoms with van der Waals surface area (Å²) in [7, 11) is -2.67. The van der Waals surface area contributed by atoms with Gasteiger partial charge in [-0.3, -0.25) is 4.79 Å². The van der Waals surface area contributed by atoms with E-state index in [4.69, 9.17) is 5.26 Å². The van der Waals surface area contributed by atoms with Crippen LogP contribution in [0.5, 0.6) is 0 Å². The van der Waals surface area contributed by atoms with Crippen LogP contribution >= 0.6 is 0 Å². The SMILES string of the molecule is CN(CC(=O)Nc1cccc(F)c1)S(=O)(=O)c1cccc(C#N)c1. The Hall–Kier alpha value is -2.76. The van der Waals surface area contributed by atoms with E-state index < -0.39 is 28.3 Å². The van der Waals surface area contributed by atoms with E-state index in [0.717, 1.165) is 10.4 Å². The highest BCUT2D eigenvalue weighted by Gasteiger charge is 2.23. The van der Waals surface area contributed by atoms with Gasteiger partial charge < -0.3 is 5.32 Å². The Morgan fingerprint density at radius 3 is 2.62 bits per heavy atom. The minimum Gasteiger partial charge on any atom is -0.325 e. The fourth-order valence-corrected chi connectivity index (χ4v) is 3.13. The van der Waals surface area contributed by atoms with Crippen molar-refractivity contribution in [1.29, 1.82) is 5.26 Å². The van der Waals surface area contributed by atoms with E-state index in [1.807, 2.05) is 6.07 Å². The van der Waals surface area contributed by atoms with E-state index >= 15 is 0 Å². The number of nitrogens with zero attached hydrogens (tertiary/aromatic N) is 2. The number of benzene rings is 2. The highest BCUT2D eigenvalue weighted by atomic mass is 32.2. The Labute approximate surface area is 139 Å². The molecule has 0 fully saturated rings. The quantitative estimate of drug-likeness (QED) is 0.895. The van der Waals surface area contributed by atoms with Gasteiger partial charge in [0.15, 0.2) is 0 Å². The molecule has 124 valence electrons. The number of sulfonamides is 1. The molecular formula is C16H14FN3O3S. The van der Waals surface area contributed by atoms with Crippen molar-refractivity contribution in [1.82, 2.24) is 4.31 Å². The summed E-state index contributed by atoms with van der Waals surface area (Å²) in [4.78, 5) is 11.9. The lowest BCUT2D eigenvalue weighted by Gasteiger charge is -2.17. The van der Waals surface area contributed by atoms with Gasteiger partial charge in [0.25, 0.3) is 0 Å². The first-order valence-electron chi connectivity index (χ1n) is 6.85. The van der Waals surface area contributed by atoms with E-state index in [2.05, 4.69) is 5.32 Å². The zero-order valence-electron chi connectivity index (χ0n) is 12.7. The molecule has 2 aromatic rings. The van der Waals surface area contributed by atoms with Crippen molar-refractivity contribution in [3.8, 4) is 6.07 Å². The summed E-state index contributed by atoms with van der Waals surface area (Å²) in [6.07, 6.45) is 0. The van der Waals surface area contributed by atoms with Crippen LogP contribution in [-0.2, 0) is 14.8 Å². The maximum Gasteiger partial charge on any atom is 0.243 e. The summed E-state index contributed by atoms with van der Waals surface area (Å²) >= 11 is 0. The normalized spacial score (nSPS) is 11.1. The van der Waals surface area contributed by atoms with Crippen molar-refractivity contribution in [3.63, 3.8) is 0 Å². The largest absolute Gasteiger partial charge is 0.325 e. The molecule has 0 atom stereocenters. The minimum absolute atomic E-state index is 0.0809. The lowest BCUT2D eigenvalue weighted by Crippen LogP contribution is -2.35. The van der Waals surface area contributed by atoms with Crippen LogP contribution < -0.4 is 5.32 Å². The Bertz CT molecular complexity index is 907. The van der Waals surface area contributed by atoms with E-state index in [1.54, 1.807) is 0 Å². The number of likely N-dealkylation sites (N-methyl/N-ethyl adjacent to an activating group) is 1. The third kappa shape index (κ3) is 4.16. The molecule has 0 saturated carbocycles. The molecule has 0 aliphatic carbocycles. The minimum atomic E-state index is -3.92.